The van der Waals surface area contributed by atoms with Crippen molar-refractivity contribution in [3.8, 4) is 0 Å². The third-order valence-corrected chi connectivity index (χ3v) is 2.61. The smallest absolute Gasteiger partial charge is 0.252 e. The van der Waals surface area contributed by atoms with Gasteiger partial charge in [-0.2, -0.15) is 0 Å². The fraction of sp³-hybridized carbons (Fsp3) is 0.133. The van der Waals surface area contributed by atoms with Gasteiger partial charge in [-0.3, -0.25) is 9.78 Å². The van der Waals surface area contributed by atoms with Gasteiger partial charge in [0.1, 0.15) is 11.6 Å². The Bertz CT molecular complexity index is 686. The Balaban J connectivity index is 0.000000240. The number of carbonyl (C=O) groups is 1. The maximum Gasteiger partial charge on any atom is 0.252 e. The molecule has 6 nitrogen and oxygen atoms in total. The molecule has 0 aliphatic heterocycles. The standard InChI is InChI=1S/C8H10N2O2.C7H6F2N2S/c11-5-4-10-8(12)7-2-1-3-9-6-7;8-4-1-2-6(5(9)3-4)11-7(10)12/h1-3,6,11H,4-5H2,(H,10,12);1-3H,(H3,10,11,12). The third-order valence-electron chi connectivity index (χ3n) is 2.51. The number of aliphatic hydroxyl groups is 1. The molecule has 128 valence electrons. The maximum atomic E-state index is 12.8. The Kier molecular flexibility index (Phi) is 8.23. The Morgan fingerprint density at radius 1 is 1.33 bits per heavy atom. The minimum absolute atomic E-state index is 0.0496. The van der Waals surface area contributed by atoms with Gasteiger partial charge in [0.15, 0.2) is 5.11 Å². The number of rotatable bonds is 4. The minimum atomic E-state index is -0.720. The summed E-state index contributed by atoms with van der Waals surface area (Å²) in [5.74, 6) is -1.57. The maximum absolute atomic E-state index is 12.8. The predicted molar refractivity (Wildman–Crippen MR) is 90.4 cm³/mol. The molecule has 24 heavy (non-hydrogen) atoms. The molecule has 0 aliphatic carbocycles. The minimum Gasteiger partial charge on any atom is -0.395 e. The number of nitrogens with zero attached hydrogens (tertiary/aromatic N) is 1. The van der Waals surface area contributed by atoms with E-state index in [1.54, 1.807) is 18.3 Å². The molecular weight excluding hydrogens is 338 g/mol. The van der Waals surface area contributed by atoms with Crippen molar-refractivity contribution in [2.24, 2.45) is 5.73 Å². The first-order chi connectivity index (χ1) is 11.4. The summed E-state index contributed by atoms with van der Waals surface area (Å²) >= 11 is 4.48. The molecule has 2 rings (SSSR count). The summed E-state index contributed by atoms with van der Waals surface area (Å²) in [6, 6.07) is 6.45. The van der Waals surface area contributed by atoms with Crippen molar-refractivity contribution < 1.29 is 18.7 Å². The lowest BCUT2D eigenvalue weighted by Gasteiger charge is -2.03. The van der Waals surface area contributed by atoms with Crippen LogP contribution in [0.3, 0.4) is 0 Å². The first kappa shape index (κ1) is 19.4. The van der Waals surface area contributed by atoms with E-state index in [1.165, 1.54) is 12.3 Å². The fourth-order valence-corrected chi connectivity index (χ4v) is 1.60. The number of nitrogens with two attached hydrogens (primary N) is 1. The number of carbonyl (C=O) groups excluding carboxylic acids is 1. The molecule has 0 fully saturated rings. The molecule has 0 radical (unpaired) electrons. The number of aromatic nitrogens is 1. The molecule has 0 spiro atoms. The molecule has 1 aromatic heterocycles. The lowest BCUT2D eigenvalue weighted by atomic mass is 10.3. The Labute approximate surface area is 142 Å². The van der Waals surface area contributed by atoms with Crippen LogP contribution in [-0.4, -0.2) is 34.3 Å². The predicted octanol–water partition coefficient (Wildman–Crippen LogP) is 1.42. The topological polar surface area (TPSA) is 100 Å². The van der Waals surface area contributed by atoms with Crippen molar-refractivity contribution in [3.63, 3.8) is 0 Å². The van der Waals surface area contributed by atoms with E-state index >= 15 is 0 Å². The van der Waals surface area contributed by atoms with Crippen molar-refractivity contribution in [1.29, 1.82) is 0 Å². The van der Waals surface area contributed by atoms with E-state index in [0.717, 1.165) is 12.1 Å². The summed E-state index contributed by atoms with van der Waals surface area (Å²) in [5, 5.41) is 13.3. The lowest BCUT2D eigenvalue weighted by molar-refractivity contribution is 0.0944. The summed E-state index contributed by atoms with van der Waals surface area (Å²) in [7, 11) is 0. The number of aliphatic hydroxyl groups excluding tert-OH is 1. The summed E-state index contributed by atoms with van der Waals surface area (Å²) in [6.07, 6.45) is 3.08. The zero-order valence-corrected chi connectivity index (χ0v) is 13.3. The number of nitrogens with one attached hydrogen (secondary N) is 2. The monoisotopic (exact) mass is 354 g/mol. The van der Waals surface area contributed by atoms with Gasteiger partial charge in [-0.05, 0) is 36.5 Å². The van der Waals surface area contributed by atoms with E-state index in [4.69, 9.17) is 10.8 Å². The van der Waals surface area contributed by atoms with Crippen LogP contribution >= 0.6 is 12.2 Å². The fourth-order valence-electron chi connectivity index (χ4n) is 1.49. The van der Waals surface area contributed by atoms with Crippen LogP contribution in [-0.2, 0) is 0 Å². The largest absolute Gasteiger partial charge is 0.395 e. The van der Waals surface area contributed by atoms with Crippen molar-refractivity contribution >= 4 is 28.9 Å². The highest BCUT2D eigenvalue weighted by atomic mass is 32.1. The van der Waals surface area contributed by atoms with Crippen molar-refractivity contribution in [2.45, 2.75) is 0 Å². The molecule has 1 heterocycles. The average molecular weight is 354 g/mol. The number of amides is 1. The van der Waals surface area contributed by atoms with Crippen LogP contribution < -0.4 is 16.4 Å². The molecule has 0 saturated carbocycles. The molecule has 9 heteroatoms. The van der Waals surface area contributed by atoms with Crippen LogP contribution in [0.15, 0.2) is 42.7 Å². The second-order valence-electron chi connectivity index (χ2n) is 4.33. The van der Waals surface area contributed by atoms with Gasteiger partial charge in [-0.25, -0.2) is 8.78 Å². The van der Waals surface area contributed by atoms with Gasteiger partial charge in [0, 0.05) is 25.0 Å². The summed E-state index contributed by atoms with van der Waals surface area (Å²) in [5.41, 5.74) is 5.67. The molecule has 0 bridgehead atoms. The number of thiocarbonyl (C=S) groups is 1. The number of hydrogen-bond donors (Lipinski definition) is 4. The molecule has 0 atom stereocenters. The lowest BCUT2D eigenvalue weighted by Crippen LogP contribution is -2.26. The quantitative estimate of drug-likeness (QED) is 0.620. The van der Waals surface area contributed by atoms with Crippen LogP contribution in [0.25, 0.3) is 0 Å². The molecular formula is C15H16F2N4O2S. The third kappa shape index (κ3) is 7.07. The van der Waals surface area contributed by atoms with Crippen LogP contribution in [0.1, 0.15) is 10.4 Å². The van der Waals surface area contributed by atoms with E-state index < -0.39 is 11.6 Å². The highest BCUT2D eigenvalue weighted by molar-refractivity contribution is 7.80. The van der Waals surface area contributed by atoms with Gasteiger partial charge < -0.3 is 21.5 Å². The molecule has 1 aromatic carbocycles. The highest BCUT2D eigenvalue weighted by Gasteiger charge is 2.03. The van der Waals surface area contributed by atoms with E-state index in [0.29, 0.717) is 5.56 Å². The van der Waals surface area contributed by atoms with Crippen molar-refractivity contribution in [1.82, 2.24) is 10.3 Å². The number of hydrogen-bond acceptors (Lipinski definition) is 4. The number of halogens is 2. The SMILES string of the molecule is NC(=S)Nc1ccc(F)cc1F.O=C(NCCO)c1cccnc1. The Morgan fingerprint density at radius 2 is 2.08 bits per heavy atom. The van der Waals surface area contributed by atoms with Gasteiger partial charge in [0.05, 0.1) is 17.9 Å². The van der Waals surface area contributed by atoms with Crippen molar-refractivity contribution in [2.75, 3.05) is 18.5 Å². The normalized spacial score (nSPS) is 9.46. The Hall–Kier alpha value is -2.65. The van der Waals surface area contributed by atoms with Crippen LogP contribution in [0.4, 0.5) is 14.5 Å². The van der Waals surface area contributed by atoms with Gasteiger partial charge >= 0.3 is 0 Å². The first-order valence-corrected chi connectivity index (χ1v) is 7.15. The number of anilines is 1. The van der Waals surface area contributed by atoms with Gasteiger partial charge in [-0.15, -0.1) is 0 Å². The second kappa shape index (κ2) is 10.2. The highest BCUT2D eigenvalue weighted by Crippen LogP contribution is 2.14. The summed E-state index contributed by atoms with van der Waals surface area (Å²) in [4.78, 5) is 14.9. The zero-order chi connectivity index (χ0) is 17.9. The molecule has 1 amide bonds. The number of pyridine rings is 1. The van der Waals surface area contributed by atoms with Crippen LogP contribution in [0.2, 0.25) is 0 Å². The molecule has 0 saturated heterocycles. The summed E-state index contributed by atoms with van der Waals surface area (Å²) < 4.78 is 25.1. The molecule has 2 aromatic rings. The average Bonchev–Trinajstić information content (AvgIpc) is 2.56. The van der Waals surface area contributed by atoms with Crippen LogP contribution in [0.5, 0.6) is 0 Å². The van der Waals surface area contributed by atoms with Gasteiger partial charge in [0.2, 0.25) is 0 Å². The van der Waals surface area contributed by atoms with E-state index in [-0.39, 0.29) is 29.9 Å². The molecule has 0 aliphatic rings. The zero-order valence-electron chi connectivity index (χ0n) is 12.5. The second-order valence-corrected chi connectivity index (χ2v) is 4.77. The Morgan fingerprint density at radius 3 is 2.62 bits per heavy atom. The van der Waals surface area contributed by atoms with E-state index in [1.807, 2.05) is 0 Å². The van der Waals surface area contributed by atoms with Gasteiger partial charge in [0.25, 0.3) is 5.91 Å². The first-order valence-electron chi connectivity index (χ1n) is 6.74. The van der Waals surface area contributed by atoms with E-state index in [2.05, 4.69) is 27.8 Å². The van der Waals surface area contributed by atoms with Crippen LogP contribution in [0, 0.1) is 11.6 Å². The van der Waals surface area contributed by atoms with Gasteiger partial charge in [-0.1, -0.05) is 0 Å². The van der Waals surface area contributed by atoms with E-state index in [9.17, 15) is 13.6 Å². The summed E-state index contributed by atoms with van der Waals surface area (Å²) in [6.45, 7) is 0.222. The molecule has 5 N–H and O–H groups in total. The molecule has 0 unspecified atom stereocenters. The number of benzene rings is 1. The van der Waals surface area contributed by atoms with Crippen molar-refractivity contribution in [3.05, 3.63) is 59.9 Å².